The fourth-order valence-electron chi connectivity index (χ4n) is 2.70. The van der Waals surface area contributed by atoms with Crippen LogP contribution in [0.25, 0.3) is 10.9 Å². The summed E-state index contributed by atoms with van der Waals surface area (Å²) >= 11 is 0. The Bertz CT molecular complexity index is 949. The molecule has 0 fully saturated rings. The Morgan fingerprint density at radius 3 is 2.59 bits per heavy atom. The van der Waals surface area contributed by atoms with Crippen molar-refractivity contribution in [2.45, 2.75) is 33.0 Å². The number of allylic oxidation sites excluding steroid dienone is 1. The second kappa shape index (κ2) is 6.51. The number of fused-ring (bicyclic) bond motifs is 1. The van der Waals surface area contributed by atoms with Crippen molar-refractivity contribution in [3.05, 3.63) is 41.6 Å². The molecule has 2 aromatic rings. The molecule has 144 valence electrons. The van der Waals surface area contributed by atoms with Crippen molar-refractivity contribution in [3.8, 4) is 0 Å². The minimum Gasteiger partial charge on any atom is -0.463 e. The smallest absolute Gasteiger partial charge is 0.416 e. The van der Waals surface area contributed by atoms with Crippen LogP contribution in [0.3, 0.4) is 0 Å². The lowest BCUT2D eigenvalue weighted by Gasteiger charge is -2.17. The number of halogens is 3. The van der Waals surface area contributed by atoms with E-state index in [2.05, 4.69) is 10.1 Å². The first-order valence-electron chi connectivity index (χ1n) is 8.44. The molecule has 0 spiro atoms. The van der Waals surface area contributed by atoms with Gasteiger partial charge in [0.25, 0.3) is 0 Å². The zero-order chi connectivity index (χ0) is 20.0. The second-order valence-electron chi connectivity index (χ2n) is 7.49. The quantitative estimate of drug-likeness (QED) is 0.760. The Balaban J connectivity index is 1.84. The summed E-state index contributed by atoms with van der Waals surface area (Å²) in [5.41, 5.74) is 0.112. The van der Waals surface area contributed by atoms with Gasteiger partial charge in [-0.15, -0.1) is 0 Å². The molecule has 1 atom stereocenters. The van der Waals surface area contributed by atoms with Gasteiger partial charge in [0, 0.05) is 12.4 Å². The number of hydrogen-bond acceptors (Lipinski definition) is 4. The van der Waals surface area contributed by atoms with Gasteiger partial charge in [-0.25, -0.2) is 0 Å². The van der Waals surface area contributed by atoms with Gasteiger partial charge in [-0.05, 0) is 45.0 Å². The zero-order valence-electron chi connectivity index (χ0n) is 15.5. The number of carbonyl (C=O) groups is 1. The highest BCUT2D eigenvalue weighted by atomic mass is 19.4. The van der Waals surface area contributed by atoms with Crippen LogP contribution >= 0.6 is 0 Å². The molecule has 1 aromatic carbocycles. The number of aryl methyl sites for hydroxylation is 1. The summed E-state index contributed by atoms with van der Waals surface area (Å²) in [6.07, 6.45) is -0.879. The van der Waals surface area contributed by atoms with E-state index in [1.807, 2.05) is 0 Å². The Kier molecular flexibility index (Phi) is 4.61. The van der Waals surface area contributed by atoms with Crippen LogP contribution in [0.5, 0.6) is 0 Å². The highest BCUT2D eigenvalue weighted by Gasteiger charge is 2.31. The molecule has 8 heteroatoms. The summed E-state index contributed by atoms with van der Waals surface area (Å²) in [6, 6.07) is 3.19. The molecule has 1 aliphatic rings. The number of carbonyl (C=O) groups excluding carboxylic acids is 1. The molecule has 3 rings (SSSR count). The summed E-state index contributed by atoms with van der Waals surface area (Å²) in [6.45, 7) is 5.41. The SMILES string of the molecule is Cn1nc(C2=NC(COC(=O)C(C)(C)C)C=C2)c2ccc(C(F)(F)F)cc21. The minimum absolute atomic E-state index is 0.110. The first kappa shape index (κ1) is 19.1. The van der Waals surface area contributed by atoms with Crippen molar-refractivity contribution < 1.29 is 22.7 Å². The Hall–Kier alpha value is -2.64. The number of aliphatic imine (C=N–C) groups is 1. The van der Waals surface area contributed by atoms with Crippen molar-refractivity contribution in [3.63, 3.8) is 0 Å². The average Bonchev–Trinajstić information content (AvgIpc) is 3.15. The first-order chi connectivity index (χ1) is 12.5. The fourth-order valence-corrected chi connectivity index (χ4v) is 2.70. The molecular formula is C19H20F3N3O2. The first-order valence-corrected chi connectivity index (χ1v) is 8.44. The van der Waals surface area contributed by atoms with E-state index in [1.54, 1.807) is 40.0 Å². The van der Waals surface area contributed by atoms with Crippen LogP contribution in [0.1, 0.15) is 32.0 Å². The minimum atomic E-state index is -4.41. The Labute approximate surface area is 154 Å². The van der Waals surface area contributed by atoms with Crippen LogP contribution in [0.2, 0.25) is 0 Å². The molecular weight excluding hydrogens is 359 g/mol. The van der Waals surface area contributed by atoms with Gasteiger partial charge >= 0.3 is 12.1 Å². The maximum atomic E-state index is 12.9. The summed E-state index contributed by atoms with van der Waals surface area (Å²) in [4.78, 5) is 16.3. The van der Waals surface area contributed by atoms with E-state index in [1.165, 1.54) is 10.7 Å². The van der Waals surface area contributed by atoms with E-state index in [4.69, 9.17) is 4.74 Å². The third-order valence-electron chi connectivity index (χ3n) is 4.20. The highest BCUT2D eigenvalue weighted by Crippen LogP contribution is 2.32. The Morgan fingerprint density at radius 1 is 1.26 bits per heavy atom. The number of ether oxygens (including phenoxy) is 1. The van der Waals surface area contributed by atoms with Crippen LogP contribution in [-0.2, 0) is 22.8 Å². The van der Waals surface area contributed by atoms with Crippen molar-refractivity contribution in [2.24, 2.45) is 17.5 Å². The number of rotatable bonds is 3. The van der Waals surface area contributed by atoms with Crippen molar-refractivity contribution in [1.29, 1.82) is 0 Å². The van der Waals surface area contributed by atoms with Gasteiger partial charge < -0.3 is 4.74 Å². The molecule has 27 heavy (non-hydrogen) atoms. The average molecular weight is 379 g/mol. The van der Waals surface area contributed by atoms with Gasteiger partial charge in [-0.2, -0.15) is 18.3 Å². The largest absolute Gasteiger partial charge is 0.463 e. The van der Waals surface area contributed by atoms with Crippen LogP contribution in [0.4, 0.5) is 13.2 Å². The maximum Gasteiger partial charge on any atom is 0.416 e. The molecule has 0 radical (unpaired) electrons. The van der Waals surface area contributed by atoms with Crippen LogP contribution in [0.15, 0.2) is 35.3 Å². The normalized spacial score (nSPS) is 17.4. The lowest BCUT2D eigenvalue weighted by Crippen LogP contribution is -2.25. The van der Waals surface area contributed by atoms with Crippen molar-refractivity contribution in [2.75, 3.05) is 6.61 Å². The summed E-state index contributed by atoms with van der Waals surface area (Å²) in [5, 5.41) is 4.91. The van der Waals surface area contributed by atoms with E-state index in [-0.39, 0.29) is 18.6 Å². The molecule has 0 saturated carbocycles. The van der Waals surface area contributed by atoms with Gasteiger partial charge in [0.1, 0.15) is 18.3 Å². The molecule has 0 amide bonds. The molecule has 5 nitrogen and oxygen atoms in total. The van der Waals surface area contributed by atoms with Gasteiger partial charge in [-0.3, -0.25) is 14.5 Å². The lowest BCUT2D eigenvalue weighted by atomic mass is 9.97. The van der Waals surface area contributed by atoms with Crippen molar-refractivity contribution in [1.82, 2.24) is 9.78 Å². The molecule has 2 heterocycles. The molecule has 0 bridgehead atoms. The lowest BCUT2D eigenvalue weighted by molar-refractivity contribution is -0.153. The zero-order valence-corrected chi connectivity index (χ0v) is 15.5. The predicted octanol–water partition coefficient (Wildman–Crippen LogP) is 3.91. The van der Waals surface area contributed by atoms with E-state index in [9.17, 15) is 18.0 Å². The third kappa shape index (κ3) is 3.89. The van der Waals surface area contributed by atoms with Gasteiger partial charge in [0.15, 0.2) is 0 Å². The highest BCUT2D eigenvalue weighted by molar-refractivity contribution is 6.15. The molecule has 0 aliphatic carbocycles. The van der Waals surface area contributed by atoms with E-state index in [0.29, 0.717) is 22.3 Å². The topological polar surface area (TPSA) is 56.5 Å². The van der Waals surface area contributed by atoms with E-state index in [0.717, 1.165) is 12.1 Å². The van der Waals surface area contributed by atoms with Gasteiger partial charge in [0.05, 0.1) is 22.2 Å². The number of benzene rings is 1. The number of alkyl halides is 3. The number of esters is 1. The second-order valence-corrected chi connectivity index (χ2v) is 7.49. The van der Waals surface area contributed by atoms with Crippen LogP contribution < -0.4 is 0 Å². The van der Waals surface area contributed by atoms with Gasteiger partial charge in [0.2, 0.25) is 0 Å². The Morgan fingerprint density at radius 2 is 1.96 bits per heavy atom. The predicted molar refractivity (Wildman–Crippen MR) is 95.6 cm³/mol. The molecule has 1 unspecified atom stereocenters. The van der Waals surface area contributed by atoms with Crippen LogP contribution in [-0.4, -0.2) is 34.1 Å². The third-order valence-corrected chi connectivity index (χ3v) is 4.20. The molecule has 1 aromatic heterocycles. The van der Waals surface area contributed by atoms with Gasteiger partial charge in [-0.1, -0.05) is 6.08 Å². The fraction of sp³-hybridized carbons (Fsp3) is 0.421. The molecule has 1 aliphatic heterocycles. The summed E-state index contributed by atoms with van der Waals surface area (Å²) < 4.78 is 45.5. The van der Waals surface area contributed by atoms with Crippen LogP contribution in [0, 0.1) is 5.41 Å². The number of nitrogens with zero attached hydrogens (tertiary/aromatic N) is 3. The monoisotopic (exact) mass is 379 g/mol. The molecule has 0 saturated heterocycles. The van der Waals surface area contributed by atoms with E-state index >= 15 is 0 Å². The van der Waals surface area contributed by atoms with E-state index < -0.39 is 17.2 Å². The number of hydrogen-bond donors (Lipinski definition) is 0. The van der Waals surface area contributed by atoms with Crippen molar-refractivity contribution >= 4 is 22.6 Å². The number of aromatic nitrogens is 2. The summed E-state index contributed by atoms with van der Waals surface area (Å²) in [7, 11) is 1.59. The summed E-state index contributed by atoms with van der Waals surface area (Å²) in [5.74, 6) is -0.317. The standard InChI is InChI=1S/C19H20F3N3O2/c1-18(2,3)17(26)27-10-12-6-8-14(23-12)16-13-7-5-11(19(20,21)22)9-15(13)25(4)24-16/h5-9,12H,10H2,1-4H3. The molecule has 0 N–H and O–H groups in total. The maximum absolute atomic E-state index is 12.9.